The molecule has 3 heteroatoms. The van der Waals surface area contributed by atoms with E-state index in [2.05, 4.69) is 45.0 Å². The number of morpholine rings is 1. The van der Waals surface area contributed by atoms with Gasteiger partial charge in [-0.1, -0.05) is 45.0 Å². The Labute approximate surface area is 134 Å². The normalized spacial score (nSPS) is 23.0. The van der Waals surface area contributed by atoms with Crippen molar-refractivity contribution in [3.05, 3.63) is 41.5 Å². The Morgan fingerprint density at radius 2 is 1.68 bits per heavy atom. The Morgan fingerprint density at radius 1 is 1.14 bits per heavy atom. The van der Waals surface area contributed by atoms with Gasteiger partial charge in [-0.15, -0.1) is 0 Å². The molecule has 0 N–H and O–H groups in total. The fraction of sp³-hybridized carbons (Fsp3) is 0.526. The highest BCUT2D eigenvalue weighted by molar-refractivity contribution is 5.91. The third kappa shape index (κ3) is 4.44. The first-order valence-corrected chi connectivity index (χ1v) is 7.98. The third-order valence-corrected chi connectivity index (χ3v) is 3.93. The molecule has 1 saturated heterocycles. The number of ether oxygens (including phenoxy) is 1. The maximum absolute atomic E-state index is 12.3. The maximum Gasteiger partial charge on any atom is 0.246 e. The SMILES string of the molecule is CC1CN(C(=O)C=Cc2ccc(C(C)(C)C)cc2)CC(C)O1. The average Bonchev–Trinajstić information content (AvgIpc) is 2.43. The van der Waals surface area contributed by atoms with E-state index in [-0.39, 0.29) is 23.5 Å². The monoisotopic (exact) mass is 301 g/mol. The van der Waals surface area contributed by atoms with E-state index < -0.39 is 0 Å². The molecular weight excluding hydrogens is 274 g/mol. The highest BCUT2D eigenvalue weighted by Gasteiger charge is 2.24. The molecule has 0 bridgehead atoms. The number of hydrogen-bond donors (Lipinski definition) is 0. The summed E-state index contributed by atoms with van der Waals surface area (Å²) < 4.78 is 5.66. The van der Waals surface area contributed by atoms with Gasteiger partial charge in [0.25, 0.3) is 0 Å². The summed E-state index contributed by atoms with van der Waals surface area (Å²) in [5.41, 5.74) is 2.50. The van der Waals surface area contributed by atoms with Crippen molar-refractivity contribution in [2.24, 2.45) is 0 Å². The van der Waals surface area contributed by atoms with Crippen LogP contribution in [0.25, 0.3) is 6.08 Å². The van der Waals surface area contributed by atoms with Gasteiger partial charge in [0.15, 0.2) is 0 Å². The first kappa shape index (κ1) is 16.8. The minimum atomic E-state index is 0.0573. The van der Waals surface area contributed by atoms with Crippen LogP contribution in [0.3, 0.4) is 0 Å². The zero-order valence-electron chi connectivity index (χ0n) is 14.3. The molecule has 0 aliphatic carbocycles. The molecule has 1 aliphatic heterocycles. The molecule has 0 saturated carbocycles. The number of benzene rings is 1. The van der Waals surface area contributed by atoms with Crippen LogP contribution in [0.15, 0.2) is 30.3 Å². The molecule has 1 aromatic rings. The lowest BCUT2D eigenvalue weighted by molar-refractivity contribution is -0.137. The predicted molar refractivity (Wildman–Crippen MR) is 90.8 cm³/mol. The maximum atomic E-state index is 12.3. The number of carbonyl (C=O) groups excluding carboxylic acids is 1. The summed E-state index contributed by atoms with van der Waals surface area (Å²) in [6.45, 7) is 11.9. The van der Waals surface area contributed by atoms with Crippen molar-refractivity contribution >= 4 is 12.0 Å². The van der Waals surface area contributed by atoms with Crippen molar-refractivity contribution in [2.75, 3.05) is 13.1 Å². The lowest BCUT2D eigenvalue weighted by Gasteiger charge is -2.34. The van der Waals surface area contributed by atoms with Crippen molar-refractivity contribution in [2.45, 2.75) is 52.2 Å². The van der Waals surface area contributed by atoms with E-state index in [0.717, 1.165) is 5.56 Å². The topological polar surface area (TPSA) is 29.5 Å². The smallest absolute Gasteiger partial charge is 0.246 e. The van der Waals surface area contributed by atoms with Crippen LogP contribution in [0.1, 0.15) is 45.7 Å². The van der Waals surface area contributed by atoms with Crippen LogP contribution in [0.5, 0.6) is 0 Å². The minimum Gasteiger partial charge on any atom is -0.372 e. The van der Waals surface area contributed by atoms with E-state index in [1.807, 2.05) is 24.8 Å². The average molecular weight is 301 g/mol. The molecule has 2 rings (SSSR count). The Bertz CT molecular complexity index is 530. The van der Waals surface area contributed by atoms with Crippen LogP contribution in [0.2, 0.25) is 0 Å². The second-order valence-corrected chi connectivity index (χ2v) is 7.21. The van der Waals surface area contributed by atoms with Gasteiger partial charge in [0.1, 0.15) is 0 Å². The second-order valence-electron chi connectivity index (χ2n) is 7.21. The summed E-state index contributed by atoms with van der Waals surface area (Å²) in [5.74, 6) is 0.0573. The molecule has 0 aromatic heterocycles. The van der Waals surface area contributed by atoms with Gasteiger partial charge in [-0.2, -0.15) is 0 Å². The quantitative estimate of drug-likeness (QED) is 0.781. The van der Waals surface area contributed by atoms with Crippen LogP contribution >= 0.6 is 0 Å². The molecule has 1 aliphatic rings. The molecule has 2 atom stereocenters. The largest absolute Gasteiger partial charge is 0.372 e. The summed E-state index contributed by atoms with van der Waals surface area (Å²) in [6.07, 6.45) is 3.76. The van der Waals surface area contributed by atoms with Gasteiger partial charge in [-0.3, -0.25) is 4.79 Å². The van der Waals surface area contributed by atoms with Crippen LogP contribution < -0.4 is 0 Å². The highest BCUT2D eigenvalue weighted by Crippen LogP contribution is 2.22. The Hall–Kier alpha value is -1.61. The van der Waals surface area contributed by atoms with Crippen LogP contribution in [0, 0.1) is 0 Å². The van der Waals surface area contributed by atoms with Gasteiger partial charge < -0.3 is 9.64 Å². The van der Waals surface area contributed by atoms with E-state index in [4.69, 9.17) is 4.74 Å². The summed E-state index contributed by atoms with van der Waals surface area (Å²) in [7, 11) is 0. The molecular formula is C19H27NO2. The third-order valence-electron chi connectivity index (χ3n) is 3.93. The summed E-state index contributed by atoms with van der Waals surface area (Å²) in [4.78, 5) is 14.1. The van der Waals surface area contributed by atoms with Crippen molar-refractivity contribution in [1.29, 1.82) is 0 Å². The summed E-state index contributed by atoms with van der Waals surface area (Å²) >= 11 is 0. The molecule has 1 fully saturated rings. The zero-order valence-corrected chi connectivity index (χ0v) is 14.3. The number of carbonyl (C=O) groups is 1. The van der Waals surface area contributed by atoms with Gasteiger partial charge >= 0.3 is 0 Å². The fourth-order valence-corrected chi connectivity index (χ4v) is 2.72. The molecule has 3 nitrogen and oxygen atoms in total. The number of amides is 1. The van der Waals surface area contributed by atoms with Gasteiger partial charge in [0, 0.05) is 19.2 Å². The number of nitrogens with zero attached hydrogens (tertiary/aromatic N) is 1. The summed E-state index contributed by atoms with van der Waals surface area (Å²) in [6, 6.07) is 8.38. The minimum absolute atomic E-state index is 0.0573. The van der Waals surface area contributed by atoms with E-state index in [0.29, 0.717) is 13.1 Å². The zero-order chi connectivity index (χ0) is 16.3. The highest BCUT2D eigenvalue weighted by atomic mass is 16.5. The molecule has 1 heterocycles. The molecule has 2 unspecified atom stereocenters. The predicted octanol–water partition coefficient (Wildman–Crippen LogP) is 3.63. The van der Waals surface area contributed by atoms with E-state index >= 15 is 0 Å². The standard InChI is InChI=1S/C19H27NO2/c1-14-12-20(13-15(2)22-14)18(21)11-8-16-6-9-17(10-7-16)19(3,4)5/h6-11,14-15H,12-13H2,1-5H3. The Kier molecular flexibility index (Phi) is 5.07. The lowest BCUT2D eigenvalue weighted by Crippen LogP contribution is -2.47. The Morgan fingerprint density at radius 3 is 2.18 bits per heavy atom. The van der Waals surface area contributed by atoms with Gasteiger partial charge in [0.05, 0.1) is 12.2 Å². The molecule has 22 heavy (non-hydrogen) atoms. The first-order chi connectivity index (χ1) is 10.3. The lowest BCUT2D eigenvalue weighted by atomic mass is 9.87. The van der Waals surface area contributed by atoms with Crippen molar-refractivity contribution < 1.29 is 9.53 Å². The number of rotatable bonds is 2. The Balaban J connectivity index is 2.00. The van der Waals surface area contributed by atoms with Crippen molar-refractivity contribution in [1.82, 2.24) is 4.90 Å². The van der Waals surface area contributed by atoms with E-state index in [1.54, 1.807) is 6.08 Å². The van der Waals surface area contributed by atoms with Gasteiger partial charge in [-0.05, 0) is 36.5 Å². The van der Waals surface area contributed by atoms with Crippen molar-refractivity contribution in [3.63, 3.8) is 0 Å². The molecule has 1 aromatic carbocycles. The first-order valence-electron chi connectivity index (χ1n) is 7.98. The van der Waals surface area contributed by atoms with Gasteiger partial charge in [0.2, 0.25) is 5.91 Å². The van der Waals surface area contributed by atoms with E-state index in [1.165, 1.54) is 5.56 Å². The van der Waals surface area contributed by atoms with Gasteiger partial charge in [-0.25, -0.2) is 0 Å². The van der Waals surface area contributed by atoms with Crippen LogP contribution in [-0.4, -0.2) is 36.1 Å². The van der Waals surface area contributed by atoms with Crippen molar-refractivity contribution in [3.8, 4) is 0 Å². The second kappa shape index (κ2) is 6.66. The molecule has 0 radical (unpaired) electrons. The summed E-state index contributed by atoms with van der Waals surface area (Å²) in [5, 5.41) is 0. The van der Waals surface area contributed by atoms with E-state index in [9.17, 15) is 4.79 Å². The molecule has 120 valence electrons. The molecule has 1 amide bonds. The van der Waals surface area contributed by atoms with Crippen LogP contribution in [-0.2, 0) is 14.9 Å². The number of hydrogen-bond acceptors (Lipinski definition) is 2. The fourth-order valence-electron chi connectivity index (χ4n) is 2.72. The van der Waals surface area contributed by atoms with Crippen LogP contribution in [0.4, 0.5) is 0 Å². The molecule has 0 spiro atoms.